The fourth-order valence-corrected chi connectivity index (χ4v) is 5.71. The van der Waals surface area contributed by atoms with Gasteiger partial charge in [-0.25, -0.2) is 0 Å². The molecule has 1 fully saturated rings. The number of methoxy groups -OCH3 is 2. The highest BCUT2D eigenvalue weighted by molar-refractivity contribution is 7.22. The zero-order valence-electron chi connectivity index (χ0n) is 17.7. The van der Waals surface area contributed by atoms with E-state index in [2.05, 4.69) is 22.8 Å². The van der Waals surface area contributed by atoms with Crippen LogP contribution < -0.4 is 9.47 Å². The average molecular weight is 436 g/mol. The first-order chi connectivity index (χ1) is 15.2. The van der Waals surface area contributed by atoms with Crippen LogP contribution >= 0.6 is 11.3 Å². The Morgan fingerprint density at radius 2 is 2.00 bits per heavy atom. The number of thiophene rings is 1. The van der Waals surface area contributed by atoms with E-state index in [9.17, 15) is 9.90 Å². The Bertz CT molecular complexity index is 1280. The van der Waals surface area contributed by atoms with Gasteiger partial charge in [-0.2, -0.15) is 0 Å². The number of rotatable bonds is 8. The molecule has 5 nitrogen and oxygen atoms in total. The SMILES string of the molecule is COc1ccc2cc(-c3sc4cc(C=O)cc(OC)c4c3CCO)n(CC3CC3)c2c1. The van der Waals surface area contributed by atoms with E-state index in [-0.39, 0.29) is 6.61 Å². The molecule has 2 aromatic heterocycles. The van der Waals surface area contributed by atoms with Crippen LogP contribution in [-0.4, -0.2) is 36.8 Å². The molecule has 6 heteroatoms. The van der Waals surface area contributed by atoms with Crippen LogP contribution in [0.25, 0.3) is 31.6 Å². The number of ether oxygens (including phenoxy) is 2. The molecule has 1 N–H and O–H groups in total. The van der Waals surface area contributed by atoms with Gasteiger partial charge in [0, 0.05) is 40.3 Å². The van der Waals surface area contributed by atoms with E-state index in [0.29, 0.717) is 23.7 Å². The van der Waals surface area contributed by atoms with Gasteiger partial charge in [-0.05, 0) is 61.1 Å². The van der Waals surface area contributed by atoms with Crippen LogP contribution in [0.1, 0.15) is 28.8 Å². The molecule has 0 amide bonds. The highest BCUT2D eigenvalue weighted by Gasteiger charge is 2.26. The summed E-state index contributed by atoms with van der Waals surface area (Å²) >= 11 is 1.66. The molecule has 2 heterocycles. The Labute approximate surface area is 184 Å². The number of benzene rings is 2. The van der Waals surface area contributed by atoms with E-state index < -0.39 is 0 Å². The molecule has 5 rings (SSSR count). The number of aliphatic hydroxyl groups excluding tert-OH is 1. The third-order valence-corrected chi connectivity index (χ3v) is 7.28. The van der Waals surface area contributed by atoms with E-state index in [1.54, 1.807) is 31.6 Å². The summed E-state index contributed by atoms with van der Waals surface area (Å²) in [5, 5.41) is 12.0. The number of hydrogen-bond acceptors (Lipinski definition) is 5. The van der Waals surface area contributed by atoms with Crippen LogP contribution in [0.15, 0.2) is 36.4 Å². The fourth-order valence-electron chi connectivity index (χ4n) is 4.36. The Kier molecular flexibility index (Phi) is 5.20. The zero-order chi connectivity index (χ0) is 21.5. The molecule has 0 bridgehead atoms. The van der Waals surface area contributed by atoms with E-state index in [1.807, 2.05) is 12.1 Å². The van der Waals surface area contributed by atoms with Gasteiger partial charge in [0.1, 0.15) is 17.8 Å². The lowest BCUT2D eigenvalue weighted by Gasteiger charge is -2.12. The summed E-state index contributed by atoms with van der Waals surface area (Å²) in [7, 11) is 3.32. The van der Waals surface area contributed by atoms with Crippen molar-refractivity contribution >= 4 is 38.6 Å². The van der Waals surface area contributed by atoms with Gasteiger partial charge in [0.2, 0.25) is 0 Å². The van der Waals surface area contributed by atoms with Crippen LogP contribution in [0, 0.1) is 5.92 Å². The second kappa shape index (κ2) is 8.02. The highest BCUT2D eigenvalue weighted by atomic mass is 32.1. The zero-order valence-corrected chi connectivity index (χ0v) is 18.5. The quantitative estimate of drug-likeness (QED) is 0.382. The molecule has 160 valence electrons. The monoisotopic (exact) mass is 435 g/mol. The van der Waals surface area contributed by atoms with Gasteiger partial charge in [-0.1, -0.05) is 0 Å². The van der Waals surface area contributed by atoms with E-state index in [1.165, 1.54) is 18.2 Å². The first kappa shape index (κ1) is 20.1. The summed E-state index contributed by atoms with van der Waals surface area (Å²) in [5.41, 5.74) is 3.98. The Morgan fingerprint density at radius 1 is 1.16 bits per heavy atom. The smallest absolute Gasteiger partial charge is 0.150 e. The lowest BCUT2D eigenvalue weighted by molar-refractivity contribution is 0.112. The van der Waals surface area contributed by atoms with E-state index in [0.717, 1.165) is 50.3 Å². The standard InChI is InChI=1S/C25H25NO4S/c1-29-18-6-5-17-11-21(26(20(17)12-18)13-15-3-4-15)25-19(7-8-27)24-22(30-2)9-16(14-28)10-23(24)31-25/h5-6,9-12,14-15,27H,3-4,7-8,13H2,1-2H3. The molecule has 1 aliphatic carbocycles. The number of carbonyl (C=O) groups excluding carboxylic acids is 1. The summed E-state index contributed by atoms with van der Waals surface area (Å²) in [6.07, 6.45) is 3.90. The molecular weight excluding hydrogens is 410 g/mol. The maximum atomic E-state index is 11.5. The third-order valence-electron chi connectivity index (χ3n) is 6.08. The average Bonchev–Trinajstić information content (AvgIpc) is 3.45. The number of fused-ring (bicyclic) bond motifs is 2. The van der Waals surface area contributed by atoms with Crippen LogP contribution in [0.3, 0.4) is 0 Å². The first-order valence-electron chi connectivity index (χ1n) is 10.5. The molecule has 0 atom stereocenters. The van der Waals surface area contributed by atoms with Crippen LogP contribution in [0.5, 0.6) is 11.5 Å². The predicted molar refractivity (Wildman–Crippen MR) is 125 cm³/mol. The summed E-state index contributed by atoms with van der Waals surface area (Å²) in [6, 6.07) is 12.1. The van der Waals surface area contributed by atoms with Crippen molar-refractivity contribution in [2.75, 3.05) is 20.8 Å². The molecule has 0 radical (unpaired) electrons. The number of aldehydes is 1. The maximum Gasteiger partial charge on any atom is 0.150 e. The maximum absolute atomic E-state index is 11.5. The highest BCUT2D eigenvalue weighted by Crippen LogP contribution is 2.46. The van der Waals surface area contributed by atoms with Crippen molar-refractivity contribution in [1.82, 2.24) is 4.57 Å². The van der Waals surface area contributed by atoms with Gasteiger partial charge in [-0.3, -0.25) is 4.79 Å². The molecule has 0 unspecified atom stereocenters. The van der Waals surface area contributed by atoms with Crippen LogP contribution in [0.2, 0.25) is 0 Å². The summed E-state index contributed by atoms with van der Waals surface area (Å²) in [5.74, 6) is 2.22. The van der Waals surface area contributed by atoms with Crippen LogP contribution in [-0.2, 0) is 13.0 Å². The second-order valence-electron chi connectivity index (χ2n) is 8.11. The van der Waals surface area contributed by atoms with Gasteiger partial charge in [0.05, 0.1) is 30.3 Å². The van der Waals surface area contributed by atoms with Crippen molar-refractivity contribution in [2.45, 2.75) is 25.8 Å². The number of carbonyl (C=O) groups is 1. The molecule has 1 aliphatic rings. The van der Waals surface area contributed by atoms with E-state index in [4.69, 9.17) is 9.47 Å². The Morgan fingerprint density at radius 3 is 2.68 bits per heavy atom. The van der Waals surface area contributed by atoms with Crippen molar-refractivity contribution in [3.63, 3.8) is 0 Å². The Balaban J connectivity index is 1.80. The summed E-state index contributed by atoms with van der Waals surface area (Å²) < 4.78 is 14.5. The number of aliphatic hydroxyl groups is 1. The minimum atomic E-state index is 0.0497. The van der Waals surface area contributed by atoms with E-state index >= 15 is 0 Å². The molecule has 4 aromatic rings. The van der Waals surface area contributed by atoms with Crippen LogP contribution in [0.4, 0.5) is 0 Å². The lowest BCUT2D eigenvalue weighted by atomic mass is 10.0. The number of hydrogen-bond donors (Lipinski definition) is 1. The van der Waals surface area contributed by atoms with Gasteiger partial charge in [0.15, 0.2) is 0 Å². The minimum Gasteiger partial charge on any atom is -0.497 e. The molecule has 0 spiro atoms. The molecule has 0 aliphatic heterocycles. The Hall–Kier alpha value is -2.83. The topological polar surface area (TPSA) is 60.7 Å². The van der Waals surface area contributed by atoms with Crippen molar-refractivity contribution in [1.29, 1.82) is 0 Å². The molecular formula is C25H25NO4S. The fraction of sp³-hybridized carbons (Fsp3) is 0.320. The van der Waals surface area contributed by atoms with Crippen molar-refractivity contribution in [3.8, 4) is 22.1 Å². The van der Waals surface area contributed by atoms with Crippen molar-refractivity contribution in [3.05, 3.63) is 47.5 Å². The molecule has 31 heavy (non-hydrogen) atoms. The van der Waals surface area contributed by atoms with Crippen molar-refractivity contribution < 1.29 is 19.4 Å². The minimum absolute atomic E-state index is 0.0497. The van der Waals surface area contributed by atoms with Gasteiger partial charge < -0.3 is 19.1 Å². The third kappa shape index (κ3) is 3.50. The number of nitrogens with zero attached hydrogens (tertiary/aromatic N) is 1. The first-order valence-corrected chi connectivity index (χ1v) is 11.4. The van der Waals surface area contributed by atoms with Gasteiger partial charge in [-0.15, -0.1) is 11.3 Å². The molecule has 0 saturated heterocycles. The van der Waals surface area contributed by atoms with Gasteiger partial charge >= 0.3 is 0 Å². The summed E-state index contributed by atoms with van der Waals surface area (Å²) in [4.78, 5) is 12.6. The normalized spacial score (nSPS) is 13.8. The second-order valence-corrected chi connectivity index (χ2v) is 9.16. The number of aromatic nitrogens is 1. The summed E-state index contributed by atoms with van der Waals surface area (Å²) in [6.45, 7) is 1.02. The van der Waals surface area contributed by atoms with Gasteiger partial charge in [0.25, 0.3) is 0 Å². The predicted octanol–water partition coefficient (Wildman–Crippen LogP) is 5.30. The molecule has 1 saturated carbocycles. The van der Waals surface area contributed by atoms with Crippen molar-refractivity contribution in [2.24, 2.45) is 5.92 Å². The lowest BCUT2D eigenvalue weighted by Crippen LogP contribution is -2.03. The molecule has 2 aromatic carbocycles. The largest absolute Gasteiger partial charge is 0.497 e.